The summed E-state index contributed by atoms with van der Waals surface area (Å²) in [7, 11) is 5.08. The molecule has 2 radical (unpaired) electrons. The summed E-state index contributed by atoms with van der Waals surface area (Å²) in [5.41, 5.74) is -0.314. The van der Waals surface area contributed by atoms with Crippen molar-refractivity contribution >= 4 is 73.4 Å². The van der Waals surface area contributed by atoms with Crippen LogP contribution < -0.4 is 21.3 Å². The molecule has 6 amide bonds. The van der Waals surface area contributed by atoms with E-state index >= 15 is 0 Å². The van der Waals surface area contributed by atoms with Crippen molar-refractivity contribution in [1.82, 2.24) is 26.2 Å². The Balaban J connectivity index is 2.28. The van der Waals surface area contributed by atoms with E-state index in [1.165, 1.54) is 32.5 Å². The first-order chi connectivity index (χ1) is 17.8. The highest BCUT2D eigenvalue weighted by molar-refractivity contribution is 7.99. The van der Waals surface area contributed by atoms with Gasteiger partial charge in [0.2, 0.25) is 35.4 Å². The Morgan fingerprint density at radius 2 is 1.50 bits per heavy atom. The van der Waals surface area contributed by atoms with Gasteiger partial charge in [-0.3, -0.25) is 33.7 Å². The fourth-order valence-corrected chi connectivity index (χ4v) is 4.42. The molecule has 1 fully saturated rings. The van der Waals surface area contributed by atoms with Gasteiger partial charge in [-0.25, -0.2) is 0 Å². The molecule has 1 aliphatic rings. The van der Waals surface area contributed by atoms with E-state index in [4.69, 9.17) is 7.85 Å². The lowest BCUT2D eigenvalue weighted by atomic mass is 9.97. The van der Waals surface area contributed by atoms with Crippen molar-refractivity contribution in [2.45, 2.75) is 82.7 Å². The van der Waals surface area contributed by atoms with E-state index in [1.807, 2.05) is 0 Å². The van der Waals surface area contributed by atoms with Crippen LogP contribution in [-0.2, 0) is 33.6 Å². The lowest BCUT2D eigenvalue weighted by Gasteiger charge is -2.21. The number of imide groups is 1. The Labute approximate surface area is 233 Å². The maximum absolute atomic E-state index is 12.4. The molecule has 1 saturated heterocycles. The molecule has 0 aromatic carbocycles. The fraction of sp³-hybridized carbons (Fsp3) is 0.696. The predicted octanol–water partition coefficient (Wildman–Crippen LogP) is -0.990. The molecule has 0 aromatic heterocycles. The number of nitrogens with one attached hydrogen (secondary N) is 4. The fourth-order valence-electron chi connectivity index (χ4n) is 3.33. The van der Waals surface area contributed by atoms with Gasteiger partial charge in [-0.2, -0.15) is 12.6 Å². The van der Waals surface area contributed by atoms with Gasteiger partial charge in [0.15, 0.2) is 7.85 Å². The van der Waals surface area contributed by atoms with Crippen molar-refractivity contribution in [3.05, 3.63) is 0 Å². The van der Waals surface area contributed by atoms with Gasteiger partial charge in [0.1, 0.15) is 18.1 Å². The summed E-state index contributed by atoms with van der Waals surface area (Å²) in [6.07, 6.45) is 2.69. The standard InChI is InChI=1S/C23H36BN5O7S2/c1-13(20(33)25-12-38-10-6-4-5-7-17(24)30)27-22(35)15(3)28-21(34)14(2)26-18(31)8-9-29-19(32)11-16(37)23(29)36/h13-16,37H,4-12H2,1-3H3,(H,25,33)(H,26,31)(H,27,35)(H,28,34)/t13-,14-,15+,16?/m0/s1. The molecule has 15 heteroatoms. The lowest BCUT2D eigenvalue weighted by molar-refractivity contribution is -0.139. The topological polar surface area (TPSA) is 171 Å². The van der Waals surface area contributed by atoms with Crippen molar-refractivity contribution in [2.75, 3.05) is 18.2 Å². The highest BCUT2D eigenvalue weighted by Crippen LogP contribution is 2.17. The number of likely N-dealkylation sites (tertiary alicyclic amines) is 1. The summed E-state index contributed by atoms with van der Waals surface area (Å²) in [5, 5.41) is 9.46. The van der Waals surface area contributed by atoms with E-state index in [9.17, 15) is 33.6 Å². The number of carbonyl (C=O) groups is 7. The molecular formula is C23H36BN5O7S2. The number of thioether (sulfide) groups is 1. The van der Waals surface area contributed by atoms with Gasteiger partial charge >= 0.3 is 0 Å². The zero-order valence-corrected chi connectivity index (χ0v) is 23.6. The first-order valence-electron chi connectivity index (χ1n) is 12.4. The highest BCUT2D eigenvalue weighted by Gasteiger charge is 2.36. The first-order valence-corrected chi connectivity index (χ1v) is 14.1. The monoisotopic (exact) mass is 569 g/mol. The largest absolute Gasteiger partial charge is 0.345 e. The Morgan fingerprint density at radius 3 is 2.05 bits per heavy atom. The first kappa shape index (κ1) is 33.5. The Bertz CT molecular complexity index is 907. The molecule has 0 aromatic rings. The summed E-state index contributed by atoms with van der Waals surface area (Å²) >= 11 is 5.54. The van der Waals surface area contributed by atoms with E-state index < -0.39 is 52.9 Å². The summed E-state index contributed by atoms with van der Waals surface area (Å²) < 4.78 is 0. The van der Waals surface area contributed by atoms with Crippen LogP contribution >= 0.6 is 24.4 Å². The molecule has 0 aliphatic carbocycles. The zero-order valence-electron chi connectivity index (χ0n) is 21.9. The van der Waals surface area contributed by atoms with Crippen LogP contribution in [0, 0.1) is 0 Å². The molecule has 0 saturated carbocycles. The molecule has 0 spiro atoms. The van der Waals surface area contributed by atoms with Crippen LogP contribution in [0.2, 0.25) is 0 Å². The van der Waals surface area contributed by atoms with Gasteiger partial charge in [0.25, 0.3) is 0 Å². The van der Waals surface area contributed by atoms with E-state index in [0.29, 0.717) is 12.3 Å². The molecule has 1 aliphatic heterocycles. The van der Waals surface area contributed by atoms with Crippen LogP contribution in [0.5, 0.6) is 0 Å². The predicted molar refractivity (Wildman–Crippen MR) is 146 cm³/mol. The third-order valence-electron chi connectivity index (χ3n) is 5.62. The summed E-state index contributed by atoms with van der Waals surface area (Å²) in [6.45, 7) is 4.28. The van der Waals surface area contributed by atoms with Gasteiger partial charge in [-0.15, -0.1) is 11.8 Å². The Hall–Kier alpha value is -2.55. The van der Waals surface area contributed by atoms with Gasteiger partial charge in [0, 0.05) is 19.4 Å². The number of nitrogens with zero attached hydrogens (tertiary/aromatic N) is 1. The second kappa shape index (κ2) is 17.1. The molecular weight excluding hydrogens is 533 g/mol. The third kappa shape index (κ3) is 12.3. The van der Waals surface area contributed by atoms with Crippen LogP contribution in [0.1, 0.15) is 59.3 Å². The maximum atomic E-state index is 12.4. The SMILES string of the molecule is [B]C(=O)CCCCCSCNC(=O)[C@H](C)NC(=O)[C@@H](C)NC(=O)[C@H](C)NC(=O)CCN1C(=O)CC(S)C1=O. The van der Waals surface area contributed by atoms with Gasteiger partial charge in [-0.1, -0.05) is 6.42 Å². The van der Waals surface area contributed by atoms with Crippen LogP contribution in [0.3, 0.4) is 0 Å². The molecule has 1 unspecified atom stereocenters. The molecule has 0 bridgehead atoms. The quantitative estimate of drug-likeness (QED) is 0.0489. The lowest BCUT2D eigenvalue weighted by Crippen LogP contribution is -2.54. The minimum atomic E-state index is -0.978. The summed E-state index contributed by atoms with van der Waals surface area (Å²) in [6, 6.07) is -2.78. The second-order valence-electron chi connectivity index (χ2n) is 8.97. The smallest absolute Gasteiger partial charge is 0.242 e. The molecule has 1 rings (SSSR count). The summed E-state index contributed by atoms with van der Waals surface area (Å²) in [4.78, 5) is 84.4. The van der Waals surface area contributed by atoms with Gasteiger partial charge in [-0.05, 0) is 45.8 Å². The minimum absolute atomic E-state index is 0.0115. The molecule has 1 heterocycles. The van der Waals surface area contributed by atoms with Gasteiger partial charge < -0.3 is 26.1 Å². The van der Waals surface area contributed by atoms with Crippen LogP contribution in [0.25, 0.3) is 0 Å². The summed E-state index contributed by atoms with van der Waals surface area (Å²) in [5.74, 6) is -1.78. The molecule has 12 nitrogen and oxygen atoms in total. The second-order valence-corrected chi connectivity index (χ2v) is 10.7. The average Bonchev–Trinajstić information content (AvgIpc) is 3.08. The van der Waals surface area contributed by atoms with E-state index in [-0.39, 0.29) is 31.0 Å². The highest BCUT2D eigenvalue weighted by atomic mass is 32.2. The molecule has 4 N–H and O–H groups in total. The molecule has 38 heavy (non-hydrogen) atoms. The van der Waals surface area contributed by atoms with Crippen LogP contribution in [-0.4, -0.2) is 95.4 Å². The van der Waals surface area contributed by atoms with Crippen molar-refractivity contribution in [3.8, 4) is 0 Å². The van der Waals surface area contributed by atoms with Gasteiger partial charge in [0.05, 0.1) is 16.8 Å². The van der Waals surface area contributed by atoms with Crippen molar-refractivity contribution in [2.24, 2.45) is 0 Å². The van der Waals surface area contributed by atoms with Crippen molar-refractivity contribution in [1.29, 1.82) is 0 Å². The minimum Gasteiger partial charge on any atom is -0.345 e. The maximum Gasteiger partial charge on any atom is 0.242 e. The molecule has 4 atom stereocenters. The average molecular weight is 570 g/mol. The van der Waals surface area contributed by atoms with Crippen molar-refractivity contribution in [3.63, 3.8) is 0 Å². The number of hydrogen-bond acceptors (Lipinski definition) is 9. The number of amides is 6. The number of thiol groups is 1. The van der Waals surface area contributed by atoms with Crippen LogP contribution in [0.4, 0.5) is 0 Å². The zero-order chi connectivity index (χ0) is 28.8. The number of carbonyl (C=O) groups excluding carboxylic acids is 7. The number of hydrogen-bond donors (Lipinski definition) is 5. The molecule has 210 valence electrons. The number of unbranched alkanes of at least 4 members (excludes halogenated alkanes) is 2. The number of rotatable bonds is 17. The van der Waals surface area contributed by atoms with E-state index in [2.05, 4.69) is 33.9 Å². The van der Waals surface area contributed by atoms with Crippen molar-refractivity contribution < 1.29 is 33.6 Å². The Morgan fingerprint density at radius 1 is 0.921 bits per heavy atom. The normalized spacial score (nSPS) is 17.4. The third-order valence-corrected chi connectivity index (χ3v) is 6.95. The van der Waals surface area contributed by atoms with E-state index in [1.54, 1.807) is 0 Å². The Kier molecular flexibility index (Phi) is 15.1. The van der Waals surface area contributed by atoms with E-state index in [0.717, 1.165) is 29.9 Å². The van der Waals surface area contributed by atoms with Crippen LogP contribution in [0.15, 0.2) is 0 Å².